The number of rotatable bonds is 3. The summed E-state index contributed by atoms with van der Waals surface area (Å²) in [6, 6.07) is 17.9. The van der Waals surface area contributed by atoms with Crippen LogP contribution in [0.4, 0.5) is 0 Å². The highest BCUT2D eigenvalue weighted by molar-refractivity contribution is 5.66. The molecule has 2 aromatic carbocycles. The van der Waals surface area contributed by atoms with Gasteiger partial charge in [-0.05, 0) is 31.0 Å². The molecular weight excluding hydrogens is 260 g/mol. The van der Waals surface area contributed by atoms with Crippen LogP contribution in [0.1, 0.15) is 18.1 Å². The molecule has 0 aliphatic carbocycles. The molecule has 21 heavy (non-hydrogen) atoms. The van der Waals surface area contributed by atoms with E-state index in [1.807, 2.05) is 68.4 Å². The van der Waals surface area contributed by atoms with Crippen LogP contribution in [0.5, 0.6) is 5.88 Å². The fourth-order valence-corrected chi connectivity index (χ4v) is 2.53. The van der Waals surface area contributed by atoms with E-state index in [4.69, 9.17) is 0 Å². The van der Waals surface area contributed by atoms with E-state index in [0.717, 1.165) is 34.5 Å². The van der Waals surface area contributed by atoms with Crippen molar-refractivity contribution >= 4 is 0 Å². The van der Waals surface area contributed by atoms with Gasteiger partial charge in [0.15, 0.2) is 0 Å². The van der Waals surface area contributed by atoms with E-state index in [-0.39, 0.29) is 5.88 Å². The van der Waals surface area contributed by atoms with Crippen LogP contribution in [0.15, 0.2) is 54.6 Å². The molecule has 1 N–H and O–H groups in total. The van der Waals surface area contributed by atoms with Gasteiger partial charge >= 0.3 is 0 Å². The maximum Gasteiger partial charge on any atom is 0.218 e. The van der Waals surface area contributed by atoms with Gasteiger partial charge in [0.1, 0.15) is 0 Å². The van der Waals surface area contributed by atoms with E-state index in [2.05, 4.69) is 5.10 Å². The van der Waals surface area contributed by atoms with Gasteiger partial charge in [0, 0.05) is 11.1 Å². The Morgan fingerprint density at radius 1 is 1.05 bits per heavy atom. The molecule has 0 aliphatic rings. The minimum atomic E-state index is 0.224. The van der Waals surface area contributed by atoms with Crippen molar-refractivity contribution in [1.82, 2.24) is 9.78 Å². The number of hydrogen-bond donors (Lipinski definition) is 1. The maximum absolute atomic E-state index is 10.5. The predicted octanol–water partition coefficient (Wildman–Crippen LogP) is 4.12. The molecule has 1 aromatic heterocycles. The first-order valence-corrected chi connectivity index (χ1v) is 7.14. The first-order valence-electron chi connectivity index (χ1n) is 7.14. The number of hydrogen-bond acceptors (Lipinski definition) is 2. The lowest BCUT2D eigenvalue weighted by atomic mass is 10.1. The summed E-state index contributed by atoms with van der Waals surface area (Å²) >= 11 is 0. The van der Waals surface area contributed by atoms with Crippen LogP contribution in [0.25, 0.3) is 16.9 Å². The molecule has 3 heteroatoms. The molecule has 3 aromatic rings. The van der Waals surface area contributed by atoms with Crippen molar-refractivity contribution in [1.29, 1.82) is 0 Å². The first kappa shape index (κ1) is 13.4. The minimum absolute atomic E-state index is 0.224. The smallest absolute Gasteiger partial charge is 0.218 e. The van der Waals surface area contributed by atoms with E-state index in [1.54, 1.807) is 4.68 Å². The Hall–Kier alpha value is -2.55. The van der Waals surface area contributed by atoms with Gasteiger partial charge in [0.2, 0.25) is 5.88 Å². The fraction of sp³-hybridized carbons (Fsp3) is 0.167. The van der Waals surface area contributed by atoms with Crippen LogP contribution in [0, 0.1) is 6.92 Å². The van der Waals surface area contributed by atoms with Crippen LogP contribution < -0.4 is 0 Å². The molecular formula is C18H18N2O. The molecule has 3 rings (SSSR count). The van der Waals surface area contributed by atoms with E-state index in [1.165, 1.54) is 0 Å². The Kier molecular flexibility index (Phi) is 3.48. The van der Waals surface area contributed by atoms with Crippen molar-refractivity contribution in [3.8, 4) is 22.8 Å². The number of aromatic nitrogens is 2. The number of benzene rings is 2. The van der Waals surface area contributed by atoms with Gasteiger partial charge in [-0.3, -0.25) is 0 Å². The summed E-state index contributed by atoms with van der Waals surface area (Å²) < 4.78 is 1.62. The molecule has 1 heterocycles. The van der Waals surface area contributed by atoms with Gasteiger partial charge in [-0.25, -0.2) is 4.68 Å². The summed E-state index contributed by atoms with van der Waals surface area (Å²) in [6.45, 7) is 4.06. The molecule has 0 fully saturated rings. The third kappa shape index (κ3) is 2.42. The second kappa shape index (κ2) is 5.44. The molecule has 106 valence electrons. The Balaban J connectivity index is 2.18. The summed E-state index contributed by atoms with van der Waals surface area (Å²) in [5.41, 5.74) is 4.77. The Bertz CT molecular complexity index is 760. The summed E-state index contributed by atoms with van der Waals surface area (Å²) in [7, 11) is 0. The molecule has 0 aliphatic heterocycles. The average molecular weight is 278 g/mol. The lowest BCUT2D eigenvalue weighted by molar-refractivity contribution is 0.428. The Labute approximate surface area is 124 Å². The zero-order valence-corrected chi connectivity index (χ0v) is 12.2. The topological polar surface area (TPSA) is 38.0 Å². The zero-order chi connectivity index (χ0) is 14.8. The van der Waals surface area contributed by atoms with Crippen molar-refractivity contribution in [3.05, 3.63) is 65.7 Å². The zero-order valence-electron chi connectivity index (χ0n) is 12.2. The van der Waals surface area contributed by atoms with E-state index < -0.39 is 0 Å². The van der Waals surface area contributed by atoms with Gasteiger partial charge in [0.25, 0.3) is 0 Å². The van der Waals surface area contributed by atoms with Crippen molar-refractivity contribution in [2.24, 2.45) is 0 Å². The van der Waals surface area contributed by atoms with Crippen molar-refractivity contribution in [2.45, 2.75) is 20.3 Å². The Morgan fingerprint density at radius 2 is 1.81 bits per heavy atom. The summed E-state index contributed by atoms with van der Waals surface area (Å²) in [5, 5.41) is 15.1. The quantitative estimate of drug-likeness (QED) is 0.782. The van der Waals surface area contributed by atoms with E-state index in [0.29, 0.717) is 0 Å². The van der Waals surface area contributed by atoms with Crippen molar-refractivity contribution in [2.75, 3.05) is 0 Å². The van der Waals surface area contributed by atoms with Crippen LogP contribution in [0.3, 0.4) is 0 Å². The van der Waals surface area contributed by atoms with Gasteiger partial charge < -0.3 is 5.11 Å². The Morgan fingerprint density at radius 3 is 2.48 bits per heavy atom. The highest BCUT2D eigenvalue weighted by Gasteiger charge is 2.18. The van der Waals surface area contributed by atoms with E-state index >= 15 is 0 Å². The van der Waals surface area contributed by atoms with Crippen LogP contribution >= 0.6 is 0 Å². The van der Waals surface area contributed by atoms with E-state index in [9.17, 15) is 5.11 Å². The standard InChI is InChI=1S/C18H18N2O/c1-3-16-17(14-9-5-4-6-10-14)19-20(18(16)21)15-11-7-8-13(2)12-15/h4-12,21H,3H2,1-2H3. The molecule has 0 saturated carbocycles. The number of nitrogens with zero attached hydrogens (tertiary/aromatic N) is 2. The fourth-order valence-electron chi connectivity index (χ4n) is 2.53. The molecule has 0 spiro atoms. The van der Waals surface area contributed by atoms with Crippen LogP contribution in [-0.2, 0) is 6.42 Å². The van der Waals surface area contributed by atoms with Crippen molar-refractivity contribution in [3.63, 3.8) is 0 Å². The average Bonchev–Trinajstić information content (AvgIpc) is 2.85. The third-order valence-electron chi connectivity index (χ3n) is 3.60. The monoisotopic (exact) mass is 278 g/mol. The largest absolute Gasteiger partial charge is 0.493 e. The van der Waals surface area contributed by atoms with Gasteiger partial charge in [-0.2, -0.15) is 5.10 Å². The molecule has 0 saturated heterocycles. The highest BCUT2D eigenvalue weighted by Crippen LogP contribution is 2.32. The molecule has 0 radical (unpaired) electrons. The molecule has 3 nitrogen and oxygen atoms in total. The number of aryl methyl sites for hydroxylation is 1. The van der Waals surface area contributed by atoms with Crippen molar-refractivity contribution < 1.29 is 5.11 Å². The summed E-state index contributed by atoms with van der Waals surface area (Å²) in [4.78, 5) is 0. The number of aromatic hydroxyl groups is 1. The van der Waals surface area contributed by atoms with Gasteiger partial charge in [-0.1, -0.05) is 49.4 Å². The lowest BCUT2D eigenvalue weighted by Crippen LogP contribution is -1.96. The second-order valence-electron chi connectivity index (χ2n) is 5.12. The van der Waals surface area contributed by atoms with Crippen LogP contribution in [0.2, 0.25) is 0 Å². The van der Waals surface area contributed by atoms with Gasteiger partial charge in [0.05, 0.1) is 11.4 Å². The second-order valence-corrected chi connectivity index (χ2v) is 5.12. The molecule has 0 amide bonds. The molecule has 0 atom stereocenters. The van der Waals surface area contributed by atoms with Gasteiger partial charge in [-0.15, -0.1) is 0 Å². The predicted molar refractivity (Wildman–Crippen MR) is 84.8 cm³/mol. The highest BCUT2D eigenvalue weighted by atomic mass is 16.3. The third-order valence-corrected chi connectivity index (χ3v) is 3.60. The normalized spacial score (nSPS) is 10.8. The lowest BCUT2D eigenvalue weighted by Gasteiger charge is -2.04. The summed E-state index contributed by atoms with van der Waals surface area (Å²) in [5.74, 6) is 0.224. The molecule has 0 unspecified atom stereocenters. The van der Waals surface area contributed by atoms with Crippen LogP contribution in [-0.4, -0.2) is 14.9 Å². The maximum atomic E-state index is 10.5. The molecule has 0 bridgehead atoms. The minimum Gasteiger partial charge on any atom is -0.493 e. The SMILES string of the molecule is CCc1c(-c2ccccc2)nn(-c2cccc(C)c2)c1O. The summed E-state index contributed by atoms with van der Waals surface area (Å²) in [6.07, 6.45) is 0.738. The first-order chi connectivity index (χ1) is 10.2.